The number of hydrogen-bond donors (Lipinski definition) is 0. The first-order valence-corrected chi connectivity index (χ1v) is 9.14. The fraction of sp³-hybridized carbons (Fsp3) is 0.333. The molecule has 4 rings (SSSR count). The average Bonchev–Trinajstić information content (AvgIpc) is 3.20. The molecule has 0 N–H and O–H groups in total. The van der Waals surface area contributed by atoms with E-state index in [0.29, 0.717) is 49.7 Å². The van der Waals surface area contributed by atoms with E-state index in [1.165, 1.54) is 0 Å². The van der Waals surface area contributed by atoms with Gasteiger partial charge in [-0.3, -0.25) is 9.59 Å². The number of carbonyl (C=O) groups is 2. The number of piperazine rings is 1. The van der Waals surface area contributed by atoms with Crippen LogP contribution >= 0.6 is 0 Å². The first-order chi connectivity index (χ1) is 13.2. The second-order valence-electron chi connectivity index (χ2n) is 6.71. The molecule has 2 aromatic rings. The predicted molar refractivity (Wildman–Crippen MR) is 100 cm³/mol. The van der Waals surface area contributed by atoms with Crippen molar-refractivity contribution < 1.29 is 19.1 Å². The van der Waals surface area contributed by atoms with Crippen molar-refractivity contribution in [3.8, 4) is 11.5 Å². The Hall–Kier alpha value is -3.02. The van der Waals surface area contributed by atoms with Gasteiger partial charge in [0.15, 0.2) is 0 Å². The molecule has 0 aromatic heterocycles. The number of benzene rings is 2. The van der Waals surface area contributed by atoms with Crippen LogP contribution in [0.15, 0.2) is 42.5 Å². The van der Waals surface area contributed by atoms with Crippen LogP contribution in [0, 0.1) is 0 Å². The third kappa shape index (κ3) is 3.35. The normalized spacial score (nSPS) is 15.9. The second-order valence-corrected chi connectivity index (χ2v) is 6.71. The van der Waals surface area contributed by atoms with Gasteiger partial charge in [-0.1, -0.05) is 12.1 Å². The van der Waals surface area contributed by atoms with Gasteiger partial charge >= 0.3 is 0 Å². The molecule has 2 aromatic carbocycles. The molecule has 2 aliphatic rings. The van der Waals surface area contributed by atoms with Gasteiger partial charge in [-0.2, -0.15) is 0 Å². The first-order valence-electron chi connectivity index (χ1n) is 9.14. The highest BCUT2D eigenvalue weighted by Gasteiger charge is 2.27. The molecular weight excluding hydrogens is 344 g/mol. The summed E-state index contributed by atoms with van der Waals surface area (Å²) in [6.45, 7) is 2.74. The van der Waals surface area contributed by atoms with E-state index < -0.39 is 0 Å². The minimum Gasteiger partial charge on any atom is -0.496 e. The Balaban J connectivity index is 1.41. The summed E-state index contributed by atoms with van der Waals surface area (Å²) >= 11 is 0. The summed E-state index contributed by atoms with van der Waals surface area (Å²) in [5.41, 5.74) is 2.33. The van der Waals surface area contributed by atoms with Gasteiger partial charge in [0.05, 0.1) is 19.3 Å². The van der Waals surface area contributed by atoms with Gasteiger partial charge < -0.3 is 19.3 Å². The Labute approximate surface area is 158 Å². The molecule has 140 valence electrons. The number of amides is 2. The lowest BCUT2D eigenvalue weighted by Crippen LogP contribution is -2.50. The van der Waals surface area contributed by atoms with Gasteiger partial charge in [0.1, 0.15) is 11.5 Å². The van der Waals surface area contributed by atoms with Crippen molar-refractivity contribution in [2.75, 3.05) is 39.9 Å². The fourth-order valence-corrected chi connectivity index (χ4v) is 3.61. The molecule has 1 saturated heterocycles. The van der Waals surface area contributed by atoms with Crippen molar-refractivity contribution in [3.63, 3.8) is 0 Å². The zero-order valence-corrected chi connectivity index (χ0v) is 15.3. The Bertz CT molecular complexity index is 872. The van der Waals surface area contributed by atoms with Crippen molar-refractivity contribution in [1.29, 1.82) is 0 Å². The highest BCUT2D eigenvalue weighted by atomic mass is 16.5. The van der Waals surface area contributed by atoms with Crippen LogP contribution in [0.1, 0.15) is 26.3 Å². The monoisotopic (exact) mass is 366 g/mol. The van der Waals surface area contributed by atoms with Crippen LogP contribution in [0.3, 0.4) is 0 Å². The van der Waals surface area contributed by atoms with Crippen LogP contribution in [0.25, 0.3) is 0 Å². The van der Waals surface area contributed by atoms with E-state index in [1.807, 2.05) is 35.2 Å². The van der Waals surface area contributed by atoms with Gasteiger partial charge in [-0.05, 0) is 35.9 Å². The zero-order chi connectivity index (χ0) is 18.8. The lowest BCUT2D eigenvalue weighted by molar-refractivity contribution is 0.0533. The number of hydrogen-bond acceptors (Lipinski definition) is 4. The number of fused-ring (bicyclic) bond motifs is 1. The van der Waals surface area contributed by atoms with Gasteiger partial charge in [0, 0.05) is 38.2 Å². The number of para-hydroxylation sites is 1. The minimum atomic E-state index is -0.0609. The maximum absolute atomic E-state index is 12.8. The molecule has 0 radical (unpaired) electrons. The van der Waals surface area contributed by atoms with Crippen molar-refractivity contribution >= 4 is 11.8 Å². The summed E-state index contributed by atoms with van der Waals surface area (Å²) in [6, 6.07) is 12.8. The Morgan fingerprint density at radius 2 is 1.67 bits per heavy atom. The standard InChI is InChI=1S/C21H22N2O4/c1-26-19-5-3-2-4-17(19)21(25)23-11-9-22(10-12-23)20(24)16-6-7-18-15(14-16)8-13-27-18/h2-7,14H,8-13H2,1H3. The van der Waals surface area contributed by atoms with Crippen molar-refractivity contribution in [2.45, 2.75) is 6.42 Å². The smallest absolute Gasteiger partial charge is 0.257 e. The Morgan fingerprint density at radius 3 is 2.41 bits per heavy atom. The largest absolute Gasteiger partial charge is 0.496 e. The van der Waals surface area contributed by atoms with Crippen LogP contribution in [-0.4, -0.2) is 61.5 Å². The summed E-state index contributed by atoms with van der Waals surface area (Å²) < 4.78 is 10.8. The molecule has 6 nitrogen and oxygen atoms in total. The molecule has 0 aliphatic carbocycles. The molecule has 2 amide bonds. The summed E-state index contributed by atoms with van der Waals surface area (Å²) in [6.07, 6.45) is 0.845. The maximum atomic E-state index is 12.8. The van der Waals surface area contributed by atoms with E-state index >= 15 is 0 Å². The number of methoxy groups -OCH3 is 1. The summed E-state index contributed by atoms with van der Waals surface area (Å²) in [4.78, 5) is 29.2. The van der Waals surface area contributed by atoms with Crippen LogP contribution < -0.4 is 9.47 Å². The molecule has 6 heteroatoms. The highest BCUT2D eigenvalue weighted by molar-refractivity contribution is 5.97. The van der Waals surface area contributed by atoms with Crippen molar-refractivity contribution in [3.05, 3.63) is 59.2 Å². The van der Waals surface area contributed by atoms with Gasteiger partial charge in [-0.25, -0.2) is 0 Å². The second kappa shape index (κ2) is 7.31. The lowest BCUT2D eigenvalue weighted by Gasteiger charge is -2.35. The molecule has 1 fully saturated rings. The van der Waals surface area contributed by atoms with E-state index in [2.05, 4.69) is 0 Å². The number of nitrogens with zero attached hydrogens (tertiary/aromatic N) is 2. The highest BCUT2D eigenvalue weighted by Crippen LogP contribution is 2.26. The Kier molecular flexibility index (Phi) is 4.71. The van der Waals surface area contributed by atoms with Crippen LogP contribution in [0.4, 0.5) is 0 Å². The van der Waals surface area contributed by atoms with Crippen molar-refractivity contribution in [1.82, 2.24) is 9.80 Å². The van der Waals surface area contributed by atoms with E-state index in [9.17, 15) is 9.59 Å². The SMILES string of the molecule is COc1ccccc1C(=O)N1CCN(C(=O)c2ccc3c(c2)CCO3)CC1. The third-order valence-electron chi connectivity index (χ3n) is 5.13. The topological polar surface area (TPSA) is 59.1 Å². The van der Waals surface area contributed by atoms with Gasteiger partial charge in [-0.15, -0.1) is 0 Å². The molecule has 2 heterocycles. The maximum Gasteiger partial charge on any atom is 0.257 e. The summed E-state index contributed by atoms with van der Waals surface area (Å²) in [5.74, 6) is 1.39. The van der Waals surface area contributed by atoms with E-state index in [-0.39, 0.29) is 11.8 Å². The molecular formula is C21H22N2O4. The first kappa shape index (κ1) is 17.4. The quantitative estimate of drug-likeness (QED) is 0.836. The van der Waals surface area contributed by atoms with Crippen LogP contribution in [-0.2, 0) is 6.42 Å². The van der Waals surface area contributed by atoms with E-state index in [0.717, 1.165) is 17.7 Å². The molecule has 0 bridgehead atoms. The van der Waals surface area contributed by atoms with Crippen molar-refractivity contribution in [2.24, 2.45) is 0 Å². The number of carbonyl (C=O) groups excluding carboxylic acids is 2. The average molecular weight is 366 g/mol. The van der Waals surface area contributed by atoms with Crippen LogP contribution in [0.2, 0.25) is 0 Å². The molecule has 27 heavy (non-hydrogen) atoms. The number of rotatable bonds is 3. The molecule has 0 saturated carbocycles. The van der Waals surface area contributed by atoms with Crippen LogP contribution in [0.5, 0.6) is 11.5 Å². The van der Waals surface area contributed by atoms with E-state index in [1.54, 1.807) is 24.1 Å². The van der Waals surface area contributed by atoms with E-state index in [4.69, 9.17) is 9.47 Å². The molecule has 2 aliphatic heterocycles. The summed E-state index contributed by atoms with van der Waals surface area (Å²) in [5, 5.41) is 0. The predicted octanol–water partition coefficient (Wildman–Crippen LogP) is 2.23. The summed E-state index contributed by atoms with van der Waals surface area (Å²) in [7, 11) is 1.56. The fourth-order valence-electron chi connectivity index (χ4n) is 3.61. The lowest BCUT2D eigenvalue weighted by atomic mass is 10.1. The third-order valence-corrected chi connectivity index (χ3v) is 5.13. The Morgan fingerprint density at radius 1 is 0.963 bits per heavy atom. The molecule has 0 atom stereocenters. The number of ether oxygens (including phenoxy) is 2. The van der Waals surface area contributed by atoms with Gasteiger partial charge in [0.25, 0.3) is 11.8 Å². The molecule has 0 spiro atoms. The zero-order valence-electron chi connectivity index (χ0n) is 15.3. The minimum absolute atomic E-state index is 0.00842. The molecule has 0 unspecified atom stereocenters. The van der Waals surface area contributed by atoms with Gasteiger partial charge in [0.2, 0.25) is 0 Å².